The number of nitrogens with zero attached hydrogens (tertiary/aromatic N) is 2. The van der Waals surface area contributed by atoms with Gasteiger partial charge >= 0.3 is 5.97 Å². The van der Waals surface area contributed by atoms with E-state index in [0.717, 1.165) is 23.6 Å². The molecule has 0 spiro atoms. The van der Waals surface area contributed by atoms with Gasteiger partial charge in [-0.05, 0) is 96.6 Å². The second-order valence-electron chi connectivity index (χ2n) is 11.6. The summed E-state index contributed by atoms with van der Waals surface area (Å²) in [6.07, 6.45) is 4.11. The van der Waals surface area contributed by atoms with E-state index in [-0.39, 0.29) is 38.2 Å². The van der Waals surface area contributed by atoms with Gasteiger partial charge in [-0.2, -0.15) is 5.10 Å². The molecule has 2 unspecified atom stereocenters. The molecule has 0 aromatic heterocycles. The Morgan fingerprint density at radius 1 is 0.894 bits per heavy atom. The number of fused-ring (bicyclic) bond motifs is 3. The predicted octanol–water partition coefficient (Wildman–Crippen LogP) is 6.32. The summed E-state index contributed by atoms with van der Waals surface area (Å²) in [6.45, 7) is -0.706. The highest BCUT2D eigenvalue weighted by atomic mass is 32.2. The van der Waals surface area contributed by atoms with Crippen LogP contribution in [0, 0.1) is 17.6 Å². The van der Waals surface area contributed by atoms with Crippen molar-refractivity contribution in [3.8, 4) is 0 Å². The number of hydrogen-bond donors (Lipinski definition) is 0. The summed E-state index contributed by atoms with van der Waals surface area (Å²) in [5, 5.41) is 5.96. The van der Waals surface area contributed by atoms with Crippen LogP contribution in [-0.4, -0.2) is 43.4 Å². The molecule has 2 atom stereocenters. The average molecular weight is 653 g/mol. The highest BCUT2D eigenvalue weighted by Crippen LogP contribution is 2.44. The molecule has 3 aliphatic rings. The van der Waals surface area contributed by atoms with Gasteiger partial charge in [-0.15, -0.1) is 0 Å². The number of benzene rings is 4. The van der Waals surface area contributed by atoms with E-state index in [1.807, 2.05) is 6.08 Å². The molecular weight excluding hydrogens is 626 g/mol. The van der Waals surface area contributed by atoms with Gasteiger partial charge in [0.2, 0.25) is 9.84 Å². The fourth-order valence-electron chi connectivity index (χ4n) is 6.45. The molecule has 4 aromatic rings. The number of hydrazone groups is 1. The van der Waals surface area contributed by atoms with Crippen LogP contribution in [0.25, 0.3) is 6.08 Å². The highest BCUT2D eigenvalue weighted by Gasteiger charge is 2.44. The molecule has 1 fully saturated rings. The molecule has 0 N–H and O–H groups in total. The maximum Gasteiger partial charge on any atom is 0.338 e. The molecule has 8 nitrogen and oxygen atoms in total. The van der Waals surface area contributed by atoms with Gasteiger partial charge in [0.05, 0.1) is 27.1 Å². The van der Waals surface area contributed by atoms with E-state index in [2.05, 4.69) is 0 Å². The summed E-state index contributed by atoms with van der Waals surface area (Å²) < 4.78 is 59.3. The van der Waals surface area contributed by atoms with Crippen LogP contribution in [-0.2, 0) is 19.4 Å². The molecule has 0 saturated heterocycles. The van der Waals surface area contributed by atoms with Crippen molar-refractivity contribution in [2.45, 2.75) is 35.1 Å². The predicted molar refractivity (Wildman–Crippen MR) is 167 cm³/mol. The lowest BCUT2D eigenvalue weighted by Gasteiger charge is -2.29. The number of rotatable bonds is 5. The number of carbonyl (C=O) groups excluding carboxylic acids is 3. The zero-order chi connectivity index (χ0) is 32.9. The van der Waals surface area contributed by atoms with Crippen LogP contribution in [0.1, 0.15) is 62.7 Å². The fraction of sp³-hybridized carbons (Fsp3) is 0.167. The first kappa shape index (κ1) is 30.4. The first-order valence-corrected chi connectivity index (χ1v) is 16.4. The van der Waals surface area contributed by atoms with Crippen LogP contribution in [0.4, 0.5) is 8.78 Å². The van der Waals surface area contributed by atoms with Crippen LogP contribution in [0.5, 0.6) is 0 Å². The normalized spacial score (nSPS) is 20.2. The van der Waals surface area contributed by atoms with Gasteiger partial charge < -0.3 is 4.74 Å². The molecule has 47 heavy (non-hydrogen) atoms. The number of amides is 1. The number of halogens is 2. The van der Waals surface area contributed by atoms with Gasteiger partial charge in [0, 0.05) is 17.0 Å². The van der Waals surface area contributed by atoms with Crippen molar-refractivity contribution in [2.75, 3.05) is 6.61 Å². The summed E-state index contributed by atoms with van der Waals surface area (Å²) >= 11 is 0. The van der Waals surface area contributed by atoms with Gasteiger partial charge in [0.25, 0.3) is 5.91 Å². The summed E-state index contributed by atoms with van der Waals surface area (Å²) in [7, 11) is -4.09. The third-order valence-electron chi connectivity index (χ3n) is 8.68. The summed E-state index contributed by atoms with van der Waals surface area (Å²) in [4.78, 5) is 39.3. The molecule has 4 aromatic carbocycles. The van der Waals surface area contributed by atoms with E-state index < -0.39 is 46.0 Å². The minimum Gasteiger partial charge on any atom is -0.452 e. The zero-order valence-electron chi connectivity index (χ0n) is 24.7. The molecule has 7 rings (SSSR count). The van der Waals surface area contributed by atoms with Crippen molar-refractivity contribution in [3.63, 3.8) is 0 Å². The number of sulfone groups is 1. The molecule has 11 heteroatoms. The number of esters is 1. The van der Waals surface area contributed by atoms with E-state index in [1.165, 1.54) is 59.6 Å². The second-order valence-corrected chi connectivity index (χ2v) is 13.4. The molecule has 2 aliphatic heterocycles. The van der Waals surface area contributed by atoms with Crippen molar-refractivity contribution in [1.82, 2.24) is 5.01 Å². The molecule has 1 aliphatic carbocycles. The number of carbonyl (C=O) groups is 3. The average Bonchev–Trinajstić information content (AvgIpc) is 3.48. The summed E-state index contributed by atoms with van der Waals surface area (Å²) in [5.74, 6) is -3.07. The van der Waals surface area contributed by atoms with Gasteiger partial charge in [-0.3, -0.25) is 9.59 Å². The minimum atomic E-state index is -4.09. The van der Waals surface area contributed by atoms with Crippen molar-refractivity contribution in [2.24, 2.45) is 11.0 Å². The van der Waals surface area contributed by atoms with E-state index in [4.69, 9.17) is 9.84 Å². The number of allylic oxidation sites excluding steroid dienone is 1. The van der Waals surface area contributed by atoms with Crippen molar-refractivity contribution in [1.29, 1.82) is 0 Å². The minimum absolute atomic E-state index is 0.0556. The summed E-state index contributed by atoms with van der Waals surface area (Å²) in [5.41, 5.74) is 2.85. The standard InChI is InChI=1S/C36H26F2N2O6S/c37-25-13-8-21(9-14-25)18-23-4-3-6-29-33(23)39-40(34(29)22-10-15-26(38)16-11-22)32(41)20-46-36(43)24-12-17-28-31(19-24)47(44,45)30-7-2-1-5-27(30)35(28)42/h1-2,5,7-19,29,34H,3-4,6,20H2. The number of hydrogen-bond acceptors (Lipinski definition) is 7. The topological polar surface area (TPSA) is 110 Å². The SMILES string of the molecule is O=C(OCC(=O)N1N=C2C(=Cc3ccc(F)cc3)CCCC2C1c1ccc(F)cc1)c1ccc2c(c1)S(=O)(=O)c1ccccc1C2=O. The van der Waals surface area contributed by atoms with Crippen LogP contribution >= 0.6 is 0 Å². The van der Waals surface area contributed by atoms with Crippen molar-refractivity contribution >= 4 is 39.3 Å². The fourth-order valence-corrected chi connectivity index (χ4v) is 8.13. The van der Waals surface area contributed by atoms with Gasteiger partial charge in [0.15, 0.2) is 12.4 Å². The van der Waals surface area contributed by atoms with Crippen LogP contribution in [0.2, 0.25) is 0 Å². The van der Waals surface area contributed by atoms with E-state index in [9.17, 15) is 31.6 Å². The maximum atomic E-state index is 13.9. The van der Waals surface area contributed by atoms with E-state index in [0.29, 0.717) is 24.1 Å². The van der Waals surface area contributed by atoms with Gasteiger partial charge in [0.1, 0.15) is 11.6 Å². The molecule has 1 saturated carbocycles. The molecule has 2 heterocycles. The molecular formula is C36H26F2N2O6S. The quantitative estimate of drug-likeness (QED) is 0.206. The zero-order valence-corrected chi connectivity index (χ0v) is 25.5. The maximum absolute atomic E-state index is 13.9. The van der Waals surface area contributed by atoms with Crippen molar-refractivity contribution in [3.05, 3.63) is 136 Å². The number of ketones is 1. The third kappa shape index (κ3) is 5.46. The Morgan fingerprint density at radius 3 is 2.32 bits per heavy atom. The smallest absolute Gasteiger partial charge is 0.338 e. The summed E-state index contributed by atoms with van der Waals surface area (Å²) in [6, 6.07) is 20.7. The highest BCUT2D eigenvalue weighted by molar-refractivity contribution is 7.91. The van der Waals surface area contributed by atoms with Gasteiger partial charge in [-0.25, -0.2) is 27.0 Å². The van der Waals surface area contributed by atoms with Crippen molar-refractivity contribution < 1.29 is 36.3 Å². The lowest BCUT2D eigenvalue weighted by molar-refractivity contribution is -0.137. The largest absolute Gasteiger partial charge is 0.452 e. The van der Waals surface area contributed by atoms with Crippen LogP contribution in [0.3, 0.4) is 0 Å². The van der Waals surface area contributed by atoms with Gasteiger partial charge in [-0.1, -0.05) is 36.4 Å². The number of ether oxygens (including phenoxy) is 1. The first-order valence-electron chi connectivity index (χ1n) is 14.9. The first-order chi connectivity index (χ1) is 22.6. The van der Waals surface area contributed by atoms with E-state index >= 15 is 0 Å². The Kier molecular flexibility index (Phi) is 7.63. The Balaban J connectivity index is 1.15. The lowest BCUT2D eigenvalue weighted by Crippen LogP contribution is -2.34. The second kappa shape index (κ2) is 11.8. The Labute approximate surface area is 268 Å². The Bertz CT molecular complexity index is 2130. The monoisotopic (exact) mass is 652 g/mol. The Hall–Kier alpha value is -5.29. The van der Waals surface area contributed by atoms with Crippen LogP contribution in [0.15, 0.2) is 111 Å². The Morgan fingerprint density at radius 2 is 1.57 bits per heavy atom. The molecule has 236 valence electrons. The lowest BCUT2D eigenvalue weighted by atomic mass is 9.77. The van der Waals surface area contributed by atoms with Crippen LogP contribution < -0.4 is 0 Å². The molecule has 1 amide bonds. The molecule has 0 bridgehead atoms. The third-order valence-corrected chi connectivity index (χ3v) is 10.5. The molecule has 0 radical (unpaired) electrons. The van der Waals surface area contributed by atoms with E-state index in [1.54, 1.807) is 30.3 Å².